The number of phenols is 1. The van der Waals surface area contributed by atoms with E-state index in [4.69, 9.17) is 11.6 Å². The fraction of sp³-hybridized carbons (Fsp3) is 0.333. The third kappa shape index (κ3) is 3.02. The molecule has 0 aliphatic heterocycles. The molecule has 1 heterocycles. The fourth-order valence-electron chi connectivity index (χ4n) is 1.73. The number of phenolic OH excluding ortho intramolecular Hbond substituents is 1. The molecule has 0 spiro atoms. The zero-order chi connectivity index (χ0) is 14.9. The van der Waals surface area contributed by atoms with Crippen LogP contribution in [0.2, 0.25) is 5.02 Å². The van der Waals surface area contributed by atoms with Crippen molar-refractivity contribution in [2.45, 2.75) is 26.2 Å². The minimum absolute atomic E-state index is 0.0521. The summed E-state index contributed by atoms with van der Waals surface area (Å²) in [5, 5.41) is 12.8. The largest absolute Gasteiger partial charge is 0.506 e. The molecule has 1 aromatic carbocycles. The van der Waals surface area contributed by atoms with E-state index in [0.29, 0.717) is 10.8 Å². The first-order valence-electron chi connectivity index (χ1n) is 6.37. The first kappa shape index (κ1) is 14.6. The van der Waals surface area contributed by atoms with Crippen LogP contribution in [0.4, 0.5) is 5.82 Å². The lowest BCUT2D eigenvalue weighted by Gasteiger charge is -2.19. The Balaban J connectivity index is 2.58. The summed E-state index contributed by atoms with van der Waals surface area (Å²) >= 11 is 5.95. The van der Waals surface area contributed by atoms with Gasteiger partial charge in [0.2, 0.25) is 0 Å². The van der Waals surface area contributed by atoms with Gasteiger partial charge in [0.1, 0.15) is 11.6 Å². The highest BCUT2D eigenvalue weighted by atomic mass is 35.5. The number of nitrogens with one attached hydrogen (secondary N) is 1. The van der Waals surface area contributed by atoms with Gasteiger partial charge in [0.25, 0.3) is 0 Å². The van der Waals surface area contributed by atoms with E-state index in [0.717, 1.165) is 17.1 Å². The van der Waals surface area contributed by atoms with Gasteiger partial charge in [0, 0.05) is 24.1 Å². The molecule has 2 N–H and O–H groups in total. The molecule has 2 rings (SSSR count). The second-order valence-corrected chi connectivity index (χ2v) is 6.04. The van der Waals surface area contributed by atoms with Crippen LogP contribution >= 0.6 is 11.6 Å². The third-order valence-electron chi connectivity index (χ3n) is 2.96. The molecule has 5 heteroatoms. The molecule has 0 radical (unpaired) electrons. The maximum absolute atomic E-state index is 9.49. The van der Waals surface area contributed by atoms with E-state index in [1.165, 1.54) is 0 Å². The second-order valence-electron chi connectivity index (χ2n) is 5.63. The summed E-state index contributed by atoms with van der Waals surface area (Å²) in [6.45, 7) is 6.30. The van der Waals surface area contributed by atoms with E-state index in [-0.39, 0.29) is 11.2 Å². The number of nitrogens with zero attached hydrogens (tertiary/aromatic N) is 2. The van der Waals surface area contributed by atoms with Crippen LogP contribution in [0.15, 0.2) is 24.3 Å². The van der Waals surface area contributed by atoms with Crippen molar-refractivity contribution in [1.82, 2.24) is 9.97 Å². The molecule has 0 saturated heterocycles. The normalized spacial score (nSPS) is 11.4. The second kappa shape index (κ2) is 5.29. The number of aromatic nitrogens is 2. The molecule has 4 nitrogen and oxygen atoms in total. The van der Waals surface area contributed by atoms with Crippen LogP contribution in [0, 0.1) is 0 Å². The van der Waals surface area contributed by atoms with E-state index in [1.54, 1.807) is 18.2 Å². The first-order valence-corrected chi connectivity index (χ1v) is 6.75. The summed E-state index contributed by atoms with van der Waals surface area (Å²) in [6, 6.07) is 6.90. The van der Waals surface area contributed by atoms with Crippen LogP contribution < -0.4 is 5.32 Å². The molecule has 0 aliphatic carbocycles. The van der Waals surface area contributed by atoms with Gasteiger partial charge in [0.05, 0.1) is 10.7 Å². The predicted molar refractivity (Wildman–Crippen MR) is 82.4 cm³/mol. The third-order valence-corrected chi connectivity index (χ3v) is 3.26. The topological polar surface area (TPSA) is 58.0 Å². The van der Waals surface area contributed by atoms with Crippen LogP contribution in [0.5, 0.6) is 5.75 Å². The Kier molecular flexibility index (Phi) is 3.86. The van der Waals surface area contributed by atoms with E-state index in [1.807, 2.05) is 13.1 Å². The van der Waals surface area contributed by atoms with Gasteiger partial charge in [-0.1, -0.05) is 32.4 Å². The molecule has 0 atom stereocenters. The summed E-state index contributed by atoms with van der Waals surface area (Å²) in [5.74, 6) is 1.39. The number of aromatic hydroxyl groups is 1. The SMILES string of the molecule is CNc1cc(C(C)(C)C)nc(-c2ccc(O)c(Cl)c2)n1. The Hall–Kier alpha value is -1.81. The van der Waals surface area contributed by atoms with Crippen molar-refractivity contribution in [3.8, 4) is 17.1 Å². The maximum atomic E-state index is 9.49. The zero-order valence-corrected chi connectivity index (χ0v) is 12.8. The van der Waals surface area contributed by atoms with Gasteiger partial charge in [-0.2, -0.15) is 0 Å². The highest BCUT2D eigenvalue weighted by Crippen LogP contribution is 2.30. The quantitative estimate of drug-likeness (QED) is 0.882. The lowest BCUT2D eigenvalue weighted by molar-refractivity contribution is 0.475. The van der Waals surface area contributed by atoms with Crippen molar-refractivity contribution in [2.75, 3.05) is 12.4 Å². The van der Waals surface area contributed by atoms with Crippen LogP contribution in [-0.4, -0.2) is 22.1 Å². The highest BCUT2D eigenvalue weighted by molar-refractivity contribution is 6.32. The summed E-state index contributed by atoms with van der Waals surface area (Å²) in [4.78, 5) is 9.05. The van der Waals surface area contributed by atoms with E-state index in [2.05, 4.69) is 36.1 Å². The van der Waals surface area contributed by atoms with Crippen molar-refractivity contribution < 1.29 is 5.11 Å². The Morgan fingerprint density at radius 1 is 1.15 bits per heavy atom. The number of hydrogen-bond acceptors (Lipinski definition) is 4. The summed E-state index contributed by atoms with van der Waals surface area (Å²) in [7, 11) is 1.82. The van der Waals surface area contributed by atoms with Gasteiger partial charge >= 0.3 is 0 Å². The monoisotopic (exact) mass is 291 g/mol. The molecular formula is C15H18ClN3O. The van der Waals surface area contributed by atoms with Crippen LogP contribution in [0.1, 0.15) is 26.5 Å². The van der Waals surface area contributed by atoms with E-state index >= 15 is 0 Å². The summed E-state index contributed by atoms with van der Waals surface area (Å²) < 4.78 is 0. The van der Waals surface area contributed by atoms with Crippen molar-refractivity contribution >= 4 is 17.4 Å². The molecule has 1 aromatic heterocycles. The minimum atomic E-state index is -0.0794. The average Bonchev–Trinajstić information content (AvgIpc) is 2.40. The van der Waals surface area contributed by atoms with Gasteiger partial charge in [-0.25, -0.2) is 9.97 Å². The number of hydrogen-bond donors (Lipinski definition) is 2. The highest BCUT2D eigenvalue weighted by Gasteiger charge is 2.18. The summed E-state index contributed by atoms with van der Waals surface area (Å²) in [5.41, 5.74) is 1.63. The smallest absolute Gasteiger partial charge is 0.161 e. The van der Waals surface area contributed by atoms with Gasteiger partial charge in [0.15, 0.2) is 5.82 Å². The molecule has 0 bridgehead atoms. The zero-order valence-electron chi connectivity index (χ0n) is 12.0. The van der Waals surface area contributed by atoms with Crippen molar-refractivity contribution in [1.29, 1.82) is 0 Å². The molecule has 20 heavy (non-hydrogen) atoms. The Labute approximate surface area is 123 Å². The molecule has 0 aliphatic rings. The van der Waals surface area contributed by atoms with Crippen LogP contribution in [0.3, 0.4) is 0 Å². The molecule has 0 unspecified atom stereocenters. The lowest BCUT2D eigenvalue weighted by atomic mass is 9.92. The predicted octanol–water partition coefficient (Wildman–Crippen LogP) is 3.84. The maximum Gasteiger partial charge on any atom is 0.161 e. The Bertz CT molecular complexity index is 636. The number of rotatable bonds is 2. The van der Waals surface area contributed by atoms with Crippen molar-refractivity contribution in [3.05, 3.63) is 35.0 Å². The number of anilines is 1. The van der Waals surface area contributed by atoms with Gasteiger partial charge in [-0.3, -0.25) is 0 Å². The standard InChI is InChI=1S/C15H18ClN3O/c1-15(2,3)12-8-13(17-4)19-14(18-12)9-5-6-11(20)10(16)7-9/h5-8,20H,1-4H3,(H,17,18,19). The first-order chi connectivity index (χ1) is 9.31. The molecule has 0 amide bonds. The Morgan fingerprint density at radius 2 is 1.85 bits per heavy atom. The van der Waals surface area contributed by atoms with Crippen LogP contribution in [0.25, 0.3) is 11.4 Å². The number of benzene rings is 1. The van der Waals surface area contributed by atoms with Crippen LogP contribution in [-0.2, 0) is 5.41 Å². The van der Waals surface area contributed by atoms with Gasteiger partial charge in [-0.15, -0.1) is 0 Å². The average molecular weight is 292 g/mol. The van der Waals surface area contributed by atoms with E-state index < -0.39 is 0 Å². The Morgan fingerprint density at radius 3 is 2.40 bits per heavy atom. The number of halogens is 1. The lowest BCUT2D eigenvalue weighted by Crippen LogP contribution is -2.15. The van der Waals surface area contributed by atoms with Crippen molar-refractivity contribution in [2.24, 2.45) is 0 Å². The van der Waals surface area contributed by atoms with Gasteiger partial charge in [-0.05, 0) is 18.2 Å². The molecular weight excluding hydrogens is 274 g/mol. The summed E-state index contributed by atoms with van der Waals surface area (Å²) in [6.07, 6.45) is 0. The molecule has 106 valence electrons. The van der Waals surface area contributed by atoms with E-state index in [9.17, 15) is 5.11 Å². The minimum Gasteiger partial charge on any atom is -0.506 e. The molecule has 2 aromatic rings. The van der Waals surface area contributed by atoms with Gasteiger partial charge < -0.3 is 10.4 Å². The molecule has 0 saturated carbocycles. The van der Waals surface area contributed by atoms with Crippen molar-refractivity contribution in [3.63, 3.8) is 0 Å². The molecule has 0 fully saturated rings. The fourth-order valence-corrected chi connectivity index (χ4v) is 1.92.